The minimum absolute atomic E-state index is 0.711. The molecule has 1 aromatic heterocycles. The Kier molecular flexibility index (Phi) is 2.55. The largest absolute Gasteiger partial charge is 0.493 e. The second-order valence-corrected chi connectivity index (χ2v) is 4.47. The van der Waals surface area contributed by atoms with Crippen molar-refractivity contribution in [1.29, 1.82) is 0 Å². The molecule has 3 N–H and O–H groups in total. The number of hydrogen-bond donors (Lipinski definition) is 2. The summed E-state index contributed by atoms with van der Waals surface area (Å²) in [6.45, 7) is 2.75. The van der Waals surface area contributed by atoms with E-state index in [4.69, 9.17) is 10.5 Å². The van der Waals surface area contributed by atoms with E-state index in [1.165, 1.54) is 5.56 Å². The van der Waals surface area contributed by atoms with Gasteiger partial charge in [-0.3, -0.25) is 0 Å². The number of ether oxygens (including phenoxy) is 1. The molecule has 4 nitrogen and oxygen atoms in total. The van der Waals surface area contributed by atoms with Gasteiger partial charge in [-0.2, -0.15) is 0 Å². The number of anilines is 3. The van der Waals surface area contributed by atoms with Gasteiger partial charge in [-0.05, 0) is 42.3 Å². The Hall–Kier alpha value is -2.23. The highest BCUT2D eigenvalue weighted by Gasteiger charge is 2.12. The molecule has 0 radical (unpaired) electrons. The normalized spacial score (nSPS) is 12.9. The van der Waals surface area contributed by atoms with Crippen LogP contribution in [-0.2, 0) is 6.42 Å². The van der Waals surface area contributed by atoms with Crippen molar-refractivity contribution in [2.24, 2.45) is 0 Å². The third-order valence-corrected chi connectivity index (χ3v) is 3.11. The number of pyridine rings is 1. The van der Waals surface area contributed by atoms with Crippen molar-refractivity contribution < 1.29 is 4.74 Å². The highest BCUT2D eigenvalue weighted by Crippen LogP contribution is 2.29. The van der Waals surface area contributed by atoms with Crippen LogP contribution in [0.1, 0.15) is 11.1 Å². The van der Waals surface area contributed by atoms with Crippen LogP contribution >= 0.6 is 0 Å². The molecular weight excluding hydrogens is 226 g/mol. The van der Waals surface area contributed by atoms with Gasteiger partial charge in [-0.1, -0.05) is 0 Å². The predicted octanol–water partition coefficient (Wildman–Crippen LogP) is 2.65. The van der Waals surface area contributed by atoms with Gasteiger partial charge in [0.25, 0.3) is 0 Å². The van der Waals surface area contributed by atoms with Gasteiger partial charge in [-0.15, -0.1) is 0 Å². The van der Waals surface area contributed by atoms with Crippen LogP contribution in [0.15, 0.2) is 30.5 Å². The van der Waals surface area contributed by atoms with Crippen LogP contribution < -0.4 is 15.8 Å². The zero-order chi connectivity index (χ0) is 12.5. The van der Waals surface area contributed by atoms with Crippen molar-refractivity contribution in [3.05, 3.63) is 41.6 Å². The summed E-state index contributed by atoms with van der Waals surface area (Å²) in [5.41, 5.74) is 9.75. The van der Waals surface area contributed by atoms with Crippen LogP contribution in [0.4, 0.5) is 17.2 Å². The maximum Gasteiger partial charge on any atom is 0.130 e. The molecular formula is C14H15N3O. The number of nitrogens with two attached hydrogens (primary N) is 1. The van der Waals surface area contributed by atoms with E-state index in [1.807, 2.05) is 25.1 Å². The van der Waals surface area contributed by atoms with Crippen LogP contribution in [0.25, 0.3) is 0 Å². The molecule has 92 valence electrons. The maximum absolute atomic E-state index is 5.75. The number of rotatable bonds is 2. The molecule has 2 aromatic rings. The topological polar surface area (TPSA) is 60.2 Å². The SMILES string of the molecule is Cc1cc(Nc2ccc3c(c2)CCO3)ncc1N. The number of nitrogens with one attached hydrogen (secondary N) is 1. The quantitative estimate of drug-likeness (QED) is 0.848. The van der Waals surface area contributed by atoms with Crippen LogP contribution in [0, 0.1) is 6.92 Å². The number of benzene rings is 1. The first-order valence-corrected chi connectivity index (χ1v) is 5.97. The van der Waals surface area contributed by atoms with Crippen molar-refractivity contribution >= 4 is 17.2 Å². The Balaban J connectivity index is 1.85. The van der Waals surface area contributed by atoms with Crippen LogP contribution in [0.5, 0.6) is 5.75 Å². The minimum atomic E-state index is 0.711. The van der Waals surface area contributed by atoms with Gasteiger partial charge >= 0.3 is 0 Å². The molecule has 0 saturated carbocycles. The monoisotopic (exact) mass is 241 g/mol. The predicted molar refractivity (Wildman–Crippen MR) is 72.3 cm³/mol. The fourth-order valence-electron chi connectivity index (χ4n) is 2.05. The molecule has 1 aliphatic heterocycles. The third kappa shape index (κ3) is 1.97. The summed E-state index contributed by atoms with van der Waals surface area (Å²) in [4.78, 5) is 4.26. The number of nitrogens with zero attached hydrogens (tertiary/aromatic N) is 1. The first kappa shape index (κ1) is 10.9. The summed E-state index contributed by atoms with van der Waals surface area (Å²) >= 11 is 0. The highest BCUT2D eigenvalue weighted by molar-refractivity contribution is 5.62. The smallest absolute Gasteiger partial charge is 0.130 e. The molecule has 0 atom stereocenters. The van der Waals surface area contributed by atoms with Crippen LogP contribution in [-0.4, -0.2) is 11.6 Å². The lowest BCUT2D eigenvalue weighted by molar-refractivity contribution is 0.357. The van der Waals surface area contributed by atoms with E-state index in [9.17, 15) is 0 Å². The number of nitrogen functional groups attached to an aromatic ring is 1. The molecule has 0 fully saturated rings. The first-order chi connectivity index (χ1) is 8.72. The van der Waals surface area contributed by atoms with Crippen LogP contribution in [0.3, 0.4) is 0 Å². The van der Waals surface area contributed by atoms with E-state index in [-0.39, 0.29) is 0 Å². The second-order valence-electron chi connectivity index (χ2n) is 4.47. The van der Waals surface area contributed by atoms with E-state index < -0.39 is 0 Å². The van der Waals surface area contributed by atoms with Crippen molar-refractivity contribution in [3.63, 3.8) is 0 Å². The van der Waals surface area contributed by atoms with E-state index >= 15 is 0 Å². The third-order valence-electron chi connectivity index (χ3n) is 3.11. The minimum Gasteiger partial charge on any atom is -0.493 e. The Morgan fingerprint density at radius 2 is 2.22 bits per heavy atom. The lowest BCUT2D eigenvalue weighted by Gasteiger charge is -2.08. The zero-order valence-corrected chi connectivity index (χ0v) is 10.2. The molecule has 0 spiro atoms. The van der Waals surface area contributed by atoms with Crippen LogP contribution in [0.2, 0.25) is 0 Å². The average molecular weight is 241 g/mol. The maximum atomic E-state index is 5.75. The summed E-state index contributed by atoms with van der Waals surface area (Å²) in [7, 11) is 0. The molecule has 1 aromatic carbocycles. The molecule has 0 saturated heterocycles. The second kappa shape index (κ2) is 4.22. The molecule has 4 heteroatoms. The van der Waals surface area contributed by atoms with Crippen molar-refractivity contribution in [3.8, 4) is 5.75 Å². The number of hydrogen-bond acceptors (Lipinski definition) is 4. The summed E-state index contributed by atoms with van der Waals surface area (Å²) in [6.07, 6.45) is 2.65. The fourth-order valence-corrected chi connectivity index (χ4v) is 2.05. The molecule has 0 amide bonds. The molecule has 3 rings (SSSR count). The fraction of sp³-hybridized carbons (Fsp3) is 0.214. The van der Waals surface area contributed by atoms with Gasteiger partial charge in [0.05, 0.1) is 18.5 Å². The van der Waals surface area contributed by atoms with Crippen molar-refractivity contribution in [2.75, 3.05) is 17.7 Å². The summed E-state index contributed by atoms with van der Waals surface area (Å²) in [5.74, 6) is 1.79. The molecule has 1 aliphatic rings. The first-order valence-electron chi connectivity index (χ1n) is 5.97. The Morgan fingerprint density at radius 3 is 3.06 bits per heavy atom. The average Bonchev–Trinajstić information content (AvgIpc) is 2.81. The Morgan fingerprint density at radius 1 is 1.33 bits per heavy atom. The molecule has 0 aliphatic carbocycles. The Labute approximate surface area is 106 Å². The number of aromatic nitrogens is 1. The lowest BCUT2D eigenvalue weighted by Crippen LogP contribution is -1.97. The van der Waals surface area contributed by atoms with Gasteiger partial charge in [0.15, 0.2) is 0 Å². The van der Waals surface area contributed by atoms with E-state index in [0.29, 0.717) is 5.69 Å². The molecule has 2 heterocycles. The Bertz CT molecular complexity index is 596. The standard InChI is InChI=1S/C14H15N3O/c1-9-6-14(16-8-12(9)15)17-11-2-3-13-10(7-11)4-5-18-13/h2-3,6-8H,4-5,15H2,1H3,(H,16,17). The van der Waals surface area contributed by atoms with Crippen molar-refractivity contribution in [1.82, 2.24) is 4.98 Å². The van der Waals surface area contributed by atoms with Gasteiger partial charge in [0, 0.05) is 12.1 Å². The van der Waals surface area contributed by atoms with Gasteiger partial charge in [-0.25, -0.2) is 4.98 Å². The molecule has 0 unspecified atom stereocenters. The van der Waals surface area contributed by atoms with E-state index in [1.54, 1.807) is 6.20 Å². The molecule has 18 heavy (non-hydrogen) atoms. The summed E-state index contributed by atoms with van der Waals surface area (Å²) in [5, 5.41) is 3.28. The molecule has 0 bridgehead atoms. The van der Waals surface area contributed by atoms with E-state index in [2.05, 4.69) is 16.4 Å². The van der Waals surface area contributed by atoms with E-state index in [0.717, 1.165) is 35.8 Å². The van der Waals surface area contributed by atoms with Gasteiger partial charge in [0.1, 0.15) is 11.6 Å². The highest BCUT2D eigenvalue weighted by atomic mass is 16.5. The number of fused-ring (bicyclic) bond motifs is 1. The summed E-state index contributed by atoms with van der Waals surface area (Å²) in [6, 6.07) is 8.04. The van der Waals surface area contributed by atoms with Gasteiger partial charge < -0.3 is 15.8 Å². The summed E-state index contributed by atoms with van der Waals surface area (Å²) < 4.78 is 5.48. The number of aryl methyl sites for hydroxylation is 1. The van der Waals surface area contributed by atoms with Crippen molar-refractivity contribution in [2.45, 2.75) is 13.3 Å². The zero-order valence-electron chi connectivity index (χ0n) is 10.2. The lowest BCUT2D eigenvalue weighted by atomic mass is 10.1. The van der Waals surface area contributed by atoms with Gasteiger partial charge in [0.2, 0.25) is 0 Å².